The first-order valence-corrected chi connectivity index (χ1v) is 14.9. The lowest BCUT2D eigenvalue weighted by Crippen LogP contribution is -2.39. The highest BCUT2D eigenvalue weighted by Gasteiger charge is 2.29. The predicted molar refractivity (Wildman–Crippen MR) is 150 cm³/mol. The van der Waals surface area contributed by atoms with Gasteiger partial charge >= 0.3 is 0 Å². The molecule has 2 aromatic carbocycles. The summed E-state index contributed by atoms with van der Waals surface area (Å²) in [5.74, 6) is 0.675. The van der Waals surface area contributed by atoms with Crippen molar-refractivity contribution in [3.63, 3.8) is 0 Å². The molecule has 1 amide bonds. The third kappa shape index (κ3) is 6.09. The van der Waals surface area contributed by atoms with Gasteiger partial charge in [0, 0.05) is 25.2 Å². The van der Waals surface area contributed by atoms with Crippen LogP contribution in [0.15, 0.2) is 41.3 Å². The zero-order valence-electron chi connectivity index (χ0n) is 21.6. The Balaban J connectivity index is 1.64. The van der Waals surface area contributed by atoms with E-state index in [1.165, 1.54) is 23.5 Å². The Labute approximate surface area is 227 Å². The molecule has 1 aromatic heterocycles. The van der Waals surface area contributed by atoms with Crippen molar-refractivity contribution in [1.29, 1.82) is 0 Å². The molecule has 3 aromatic rings. The Morgan fingerprint density at radius 2 is 1.92 bits per heavy atom. The van der Waals surface area contributed by atoms with Gasteiger partial charge in [0.2, 0.25) is 10.0 Å². The van der Waals surface area contributed by atoms with Crippen molar-refractivity contribution < 1.29 is 17.9 Å². The van der Waals surface area contributed by atoms with Crippen molar-refractivity contribution in [3.05, 3.63) is 47.0 Å². The maximum absolute atomic E-state index is 13.7. The number of anilines is 1. The molecule has 11 heteroatoms. The van der Waals surface area contributed by atoms with Gasteiger partial charge in [0.25, 0.3) is 5.91 Å². The smallest absolute Gasteiger partial charge is 0.260 e. The summed E-state index contributed by atoms with van der Waals surface area (Å²) >= 11 is 7.76. The van der Waals surface area contributed by atoms with E-state index in [-0.39, 0.29) is 10.8 Å². The Morgan fingerprint density at radius 3 is 2.57 bits per heavy atom. The normalized spacial score (nSPS) is 16.9. The van der Waals surface area contributed by atoms with Crippen molar-refractivity contribution in [2.24, 2.45) is 5.92 Å². The predicted octanol–water partition coefficient (Wildman–Crippen LogP) is 4.98. The van der Waals surface area contributed by atoms with Gasteiger partial charge in [-0.05, 0) is 82.2 Å². The minimum absolute atomic E-state index is 0.203. The highest BCUT2D eigenvalue weighted by molar-refractivity contribution is 7.89. The summed E-state index contributed by atoms with van der Waals surface area (Å²) in [5, 5.41) is 1.06. The number of sulfonamides is 1. The molecule has 8 nitrogen and oxygen atoms in total. The fourth-order valence-corrected chi connectivity index (χ4v) is 7.37. The van der Waals surface area contributed by atoms with Gasteiger partial charge < -0.3 is 9.64 Å². The Morgan fingerprint density at radius 1 is 1.19 bits per heavy atom. The van der Waals surface area contributed by atoms with E-state index < -0.39 is 10.0 Å². The number of benzene rings is 2. The molecule has 1 fully saturated rings. The highest BCUT2D eigenvalue weighted by atomic mass is 35.5. The molecule has 0 saturated carbocycles. The van der Waals surface area contributed by atoms with E-state index >= 15 is 0 Å². The zero-order chi connectivity index (χ0) is 26.7. The quantitative estimate of drug-likeness (QED) is 0.365. The van der Waals surface area contributed by atoms with Crippen LogP contribution in [0.3, 0.4) is 0 Å². The SMILES string of the molecule is COc1ccc(Cl)c2sc(N(CCCN(C)C)C(=O)c3ccc(S(=O)(=O)N4CCCC(C)C4)cc3)nc12. The van der Waals surface area contributed by atoms with E-state index in [0.717, 1.165) is 30.5 Å². The molecule has 1 atom stereocenters. The number of rotatable bonds is 9. The van der Waals surface area contributed by atoms with Crippen molar-refractivity contribution >= 4 is 54.2 Å². The summed E-state index contributed by atoms with van der Waals surface area (Å²) in [6.45, 7) is 4.36. The molecular formula is C26H33ClN4O4S2. The number of thiazole rings is 1. The third-order valence-corrected chi connectivity index (χ3v) is 9.91. The van der Waals surface area contributed by atoms with Crippen LogP contribution < -0.4 is 9.64 Å². The van der Waals surface area contributed by atoms with E-state index in [0.29, 0.717) is 52.5 Å². The molecule has 1 saturated heterocycles. The average molecular weight is 565 g/mol. The summed E-state index contributed by atoms with van der Waals surface area (Å²) in [7, 11) is 1.94. The second kappa shape index (κ2) is 11.7. The van der Waals surface area contributed by atoms with Crippen LogP contribution in [-0.2, 0) is 10.0 Å². The second-order valence-corrected chi connectivity index (χ2v) is 13.0. The molecule has 1 unspecified atom stereocenters. The van der Waals surface area contributed by atoms with E-state index in [9.17, 15) is 13.2 Å². The van der Waals surface area contributed by atoms with E-state index in [2.05, 4.69) is 11.8 Å². The number of ether oxygens (including phenoxy) is 1. The molecular weight excluding hydrogens is 532 g/mol. The van der Waals surface area contributed by atoms with Crippen LogP contribution in [0.4, 0.5) is 5.13 Å². The van der Waals surface area contributed by atoms with Crippen LogP contribution in [0, 0.1) is 5.92 Å². The number of piperidine rings is 1. The molecule has 200 valence electrons. The van der Waals surface area contributed by atoms with Gasteiger partial charge in [0.1, 0.15) is 11.3 Å². The molecule has 0 spiro atoms. The number of nitrogens with zero attached hydrogens (tertiary/aromatic N) is 4. The van der Waals surface area contributed by atoms with Crippen molar-refractivity contribution in [2.45, 2.75) is 31.1 Å². The van der Waals surface area contributed by atoms with Gasteiger partial charge in [-0.2, -0.15) is 4.31 Å². The van der Waals surface area contributed by atoms with E-state index in [1.807, 2.05) is 14.1 Å². The van der Waals surface area contributed by atoms with Crippen LogP contribution in [0.2, 0.25) is 5.02 Å². The third-order valence-electron chi connectivity index (χ3n) is 6.49. The number of methoxy groups -OCH3 is 1. The van der Waals surface area contributed by atoms with E-state index in [1.54, 1.807) is 40.6 Å². The number of aromatic nitrogens is 1. The lowest BCUT2D eigenvalue weighted by molar-refractivity contribution is 0.0986. The Bertz CT molecular complexity index is 1360. The van der Waals surface area contributed by atoms with Gasteiger partial charge in [-0.25, -0.2) is 13.4 Å². The Hall–Kier alpha value is -2.24. The first kappa shape index (κ1) is 27.8. The fourth-order valence-electron chi connectivity index (χ4n) is 4.49. The standard InChI is InChI=1S/C26H33ClN4O4S2/c1-18-7-5-15-30(17-18)37(33,34)20-10-8-19(9-11-20)25(32)31(16-6-14-29(2)3)26-28-23-22(35-4)13-12-21(27)24(23)36-26/h8-13,18H,5-7,14-17H2,1-4H3. The molecule has 0 N–H and O–H groups in total. The number of amides is 1. The van der Waals surface area contributed by atoms with Crippen molar-refractivity contribution in [3.8, 4) is 5.75 Å². The molecule has 0 aliphatic carbocycles. The molecule has 1 aliphatic heterocycles. The maximum Gasteiger partial charge on any atom is 0.260 e. The fraction of sp³-hybridized carbons (Fsp3) is 0.462. The van der Waals surface area contributed by atoms with Crippen molar-refractivity contribution in [2.75, 3.05) is 52.3 Å². The van der Waals surface area contributed by atoms with Crippen molar-refractivity contribution in [1.82, 2.24) is 14.2 Å². The Kier molecular flexibility index (Phi) is 8.75. The van der Waals surface area contributed by atoms with Gasteiger partial charge in [-0.3, -0.25) is 9.69 Å². The molecule has 0 radical (unpaired) electrons. The van der Waals surface area contributed by atoms with Gasteiger partial charge in [0.15, 0.2) is 5.13 Å². The first-order chi connectivity index (χ1) is 17.6. The summed E-state index contributed by atoms with van der Waals surface area (Å²) in [4.78, 5) is 22.3. The molecule has 0 bridgehead atoms. The van der Waals surface area contributed by atoms with Crippen LogP contribution in [-0.4, -0.2) is 75.9 Å². The number of carbonyl (C=O) groups excluding carboxylic acids is 1. The zero-order valence-corrected chi connectivity index (χ0v) is 24.0. The molecule has 2 heterocycles. The second-order valence-electron chi connectivity index (χ2n) is 9.67. The summed E-state index contributed by atoms with van der Waals surface area (Å²) in [5.41, 5.74) is 1.01. The summed E-state index contributed by atoms with van der Waals surface area (Å²) in [6.07, 6.45) is 2.63. The number of hydrogen-bond donors (Lipinski definition) is 0. The molecule has 4 rings (SSSR count). The number of halogens is 1. The minimum Gasteiger partial charge on any atom is -0.494 e. The molecule has 1 aliphatic rings. The summed E-state index contributed by atoms with van der Waals surface area (Å²) < 4.78 is 34.1. The molecule has 37 heavy (non-hydrogen) atoms. The summed E-state index contributed by atoms with van der Waals surface area (Å²) in [6, 6.07) is 9.74. The highest BCUT2D eigenvalue weighted by Crippen LogP contribution is 2.39. The average Bonchev–Trinajstić information content (AvgIpc) is 3.32. The van der Waals surface area contributed by atoms with Crippen LogP contribution in [0.25, 0.3) is 10.2 Å². The van der Waals surface area contributed by atoms with Crippen LogP contribution >= 0.6 is 22.9 Å². The van der Waals surface area contributed by atoms with Gasteiger partial charge in [-0.1, -0.05) is 29.9 Å². The number of fused-ring (bicyclic) bond motifs is 1. The van der Waals surface area contributed by atoms with Crippen LogP contribution in [0.1, 0.15) is 36.5 Å². The van der Waals surface area contributed by atoms with Gasteiger partial charge in [0.05, 0.1) is 21.7 Å². The maximum atomic E-state index is 13.7. The largest absolute Gasteiger partial charge is 0.494 e. The number of carbonyl (C=O) groups is 1. The van der Waals surface area contributed by atoms with E-state index in [4.69, 9.17) is 21.3 Å². The van der Waals surface area contributed by atoms with Gasteiger partial charge in [-0.15, -0.1) is 0 Å². The lowest BCUT2D eigenvalue weighted by atomic mass is 10.0. The lowest BCUT2D eigenvalue weighted by Gasteiger charge is -2.30. The first-order valence-electron chi connectivity index (χ1n) is 12.3. The van der Waals surface area contributed by atoms with Crippen LogP contribution in [0.5, 0.6) is 5.75 Å². The minimum atomic E-state index is -3.60. The topological polar surface area (TPSA) is 83.0 Å². The monoisotopic (exact) mass is 564 g/mol. The number of hydrogen-bond acceptors (Lipinski definition) is 7.